The molecule has 0 spiro atoms. The zero-order valence-electron chi connectivity index (χ0n) is 10.6. The summed E-state index contributed by atoms with van der Waals surface area (Å²) in [6.45, 7) is 0. The minimum atomic E-state index is 0.0952. The van der Waals surface area contributed by atoms with Crippen molar-refractivity contribution in [2.24, 2.45) is 7.05 Å². The molecule has 1 aromatic heterocycles. The van der Waals surface area contributed by atoms with Gasteiger partial charge < -0.3 is 10.1 Å². The average molecular weight is 310 g/mol. The van der Waals surface area contributed by atoms with Crippen LogP contribution in [-0.2, 0) is 7.05 Å². The maximum Gasteiger partial charge on any atom is 0.118 e. The van der Waals surface area contributed by atoms with Crippen molar-refractivity contribution in [1.82, 2.24) is 15.1 Å². The first-order valence-corrected chi connectivity index (χ1v) is 6.45. The first-order chi connectivity index (χ1) is 8.67. The highest BCUT2D eigenvalue weighted by Crippen LogP contribution is 2.28. The van der Waals surface area contributed by atoms with Crippen LogP contribution in [0.25, 0.3) is 0 Å². The molecule has 0 bridgehead atoms. The fourth-order valence-electron chi connectivity index (χ4n) is 2.00. The molecule has 0 aliphatic rings. The van der Waals surface area contributed by atoms with Gasteiger partial charge in [-0.05, 0) is 40.7 Å². The minimum Gasteiger partial charge on any atom is -0.497 e. The number of hydrogen-bond acceptors (Lipinski definition) is 3. The first kappa shape index (κ1) is 13.1. The number of rotatable bonds is 4. The molecule has 0 saturated heterocycles. The van der Waals surface area contributed by atoms with Gasteiger partial charge in [0.1, 0.15) is 5.75 Å². The van der Waals surface area contributed by atoms with Gasteiger partial charge in [-0.2, -0.15) is 5.10 Å². The Bertz CT molecular complexity index is 502. The molecule has 4 nitrogen and oxygen atoms in total. The smallest absolute Gasteiger partial charge is 0.118 e. The summed E-state index contributed by atoms with van der Waals surface area (Å²) in [5.74, 6) is 0.859. The normalized spacial score (nSPS) is 12.4. The number of aromatic nitrogens is 2. The highest BCUT2D eigenvalue weighted by atomic mass is 79.9. The highest BCUT2D eigenvalue weighted by Gasteiger charge is 2.18. The molecule has 1 heterocycles. The molecule has 0 radical (unpaired) electrons. The van der Waals surface area contributed by atoms with Crippen LogP contribution in [-0.4, -0.2) is 23.9 Å². The molecule has 0 aliphatic heterocycles. The number of aryl methyl sites for hydroxylation is 1. The lowest BCUT2D eigenvalue weighted by Crippen LogP contribution is -2.21. The third-order valence-electron chi connectivity index (χ3n) is 2.95. The van der Waals surface area contributed by atoms with E-state index in [2.05, 4.69) is 38.5 Å². The van der Waals surface area contributed by atoms with E-state index in [0.29, 0.717) is 0 Å². The summed E-state index contributed by atoms with van der Waals surface area (Å²) in [6, 6.07) is 8.13. The van der Waals surface area contributed by atoms with Crippen molar-refractivity contribution in [3.8, 4) is 5.75 Å². The fourth-order valence-corrected chi connectivity index (χ4v) is 2.58. The second-order valence-corrected chi connectivity index (χ2v) is 4.85. The number of hydrogen-bond donors (Lipinski definition) is 1. The van der Waals surface area contributed by atoms with Crippen LogP contribution in [0.2, 0.25) is 0 Å². The van der Waals surface area contributed by atoms with E-state index in [0.717, 1.165) is 15.9 Å². The Morgan fingerprint density at radius 1 is 1.33 bits per heavy atom. The molecule has 96 valence electrons. The molecule has 0 amide bonds. The Morgan fingerprint density at radius 3 is 2.44 bits per heavy atom. The van der Waals surface area contributed by atoms with Crippen molar-refractivity contribution >= 4 is 15.9 Å². The van der Waals surface area contributed by atoms with Crippen LogP contribution in [0.5, 0.6) is 5.75 Å². The molecular weight excluding hydrogens is 294 g/mol. The summed E-state index contributed by atoms with van der Waals surface area (Å²) in [6.07, 6.45) is 1.81. The van der Waals surface area contributed by atoms with E-state index < -0.39 is 0 Å². The number of ether oxygens (including phenoxy) is 1. The van der Waals surface area contributed by atoms with E-state index in [1.807, 2.05) is 37.1 Å². The minimum absolute atomic E-state index is 0.0952. The van der Waals surface area contributed by atoms with E-state index in [1.165, 1.54) is 5.56 Å². The monoisotopic (exact) mass is 309 g/mol. The van der Waals surface area contributed by atoms with Gasteiger partial charge in [0, 0.05) is 7.05 Å². The molecule has 1 unspecified atom stereocenters. The quantitative estimate of drug-likeness (QED) is 0.943. The van der Waals surface area contributed by atoms with Gasteiger partial charge in [0.25, 0.3) is 0 Å². The zero-order valence-corrected chi connectivity index (χ0v) is 12.2. The second kappa shape index (κ2) is 5.54. The van der Waals surface area contributed by atoms with Gasteiger partial charge in [-0.25, -0.2) is 0 Å². The first-order valence-electron chi connectivity index (χ1n) is 5.66. The number of nitrogens with one attached hydrogen (secondary N) is 1. The zero-order chi connectivity index (χ0) is 13.1. The molecule has 2 rings (SSSR count). The maximum atomic E-state index is 5.17. The molecule has 2 aromatic rings. The van der Waals surface area contributed by atoms with Crippen LogP contribution in [0.1, 0.15) is 17.3 Å². The highest BCUT2D eigenvalue weighted by molar-refractivity contribution is 9.10. The van der Waals surface area contributed by atoms with Crippen LogP contribution < -0.4 is 10.1 Å². The largest absolute Gasteiger partial charge is 0.497 e. The predicted octanol–water partition coefficient (Wildman–Crippen LogP) is 2.50. The molecule has 18 heavy (non-hydrogen) atoms. The molecule has 1 atom stereocenters. The topological polar surface area (TPSA) is 39.1 Å². The van der Waals surface area contributed by atoms with Crippen molar-refractivity contribution < 1.29 is 4.74 Å². The Morgan fingerprint density at radius 2 is 2.00 bits per heavy atom. The summed E-state index contributed by atoms with van der Waals surface area (Å²) >= 11 is 3.54. The molecule has 0 saturated carbocycles. The van der Waals surface area contributed by atoms with E-state index in [1.54, 1.807) is 7.11 Å². The Labute approximate surface area is 115 Å². The Kier molecular flexibility index (Phi) is 4.04. The number of halogens is 1. The number of methoxy groups -OCH3 is 1. The van der Waals surface area contributed by atoms with Crippen molar-refractivity contribution in [2.45, 2.75) is 6.04 Å². The van der Waals surface area contributed by atoms with Gasteiger partial charge in [-0.1, -0.05) is 12.1 Å². The molecular formula is C13H16BrN3O. The third-order valence-corrected chi connectivity index (χ3v) is 3.56. The second-order valence-electron chi connectivity index (χ2n) is 4.00. The molecule has 0 aliphatic carbocycles. The standard InChI is InChI=1S/C13H16BrN3O/c1-15-12(13-11(14)8-16-17(13)2)9-4-6-10(18-3)7-5-9/h4-8,12,15H,1-3H3. The fraction of sp³-hybridized carbons (Fsp3) is 0.308. The van der Waals surface area contributed by atoms with Gasteiger partial charge >= 0.3 is 0 Å². The van der Waals surface area contributed by atoms with Gasteiger partial charge in [-0.3, -0.25) is 4.68 Å². The van der Waals surface area contributed by atoms with Crippen LogP contribution in [0.15, 0.2) is 34.9 Å². The summed E-state index contributed by atoms with van der Waals surface area (Å²) < 4.78 is 8.04. The van der Waals surface area contributed by atoms with E-state index in [-0.39, 0.29) is 6.04 Å². The lowest BCUT2D eigenvalue weighted by atomic mass is 10.0. The summed E-state index contributed by atoms with van der Waals surface area (Å²) in [4.78, 5) is 0. The summed E-state index contributed by atoms with van der Waals surface area (Å²) in [7, 11) is 5.55. The van der Waals surface area contributed by atoms with Gasteiger partial charge in [0.15, 0.2) is 0 Å². The van der Waals surface area contributed by atoms with Crippen LogP contribution in [0.4, 0.5) is 0 Å². The van der Waals surface area contributed by atoms with Crippen molar-refractivity contribution in [3.05, 3.63) is 46.2 Å². The predicted molar refractivity (Wildman–Crippen MR) is 74.8 cm³/mol. The average Bonchev–Trinajstić information content (AvgIpc) is 2.72. The maximum absolute atomic E-state index is 5.17. The van der Waals surface area contributed by atoms with Crippen LogP contribution in [0, 0.1) is 0 Å². The number of nitrogens with zero attached hydrogens (tertiary/aromatic N) is 2. The lowest BCUT2D eigenvalue weighted by molar-refractivity contribution is 0.414. The SMILES string of the molecule is CNC(c1ccc(OC)cc1)c1c(Br)cnn1C. The molecule has 1 aromatic carbocycles. The van der Waals surface area contributed by atoms with E-state index in [4.69, 9.17) is 4.74 Å². The van der Waals surface area contributed by atoms with E-state index >= 15 is 0 Å². The van der Waals surface area contributed by atoms with Crippen molar-refractivity contribution in [2.75, 3.05) is 14.2 Å². The van der Waals surface area contributed by atoms with Crippen LogP contribution in [0.3, 0.4) is 0 Å². The van der Waals surface area contributed by atoms with Gasteiger partial charge in [0.05, 0.1) is 29.5 Å². The summed E-state index contributed by atoms with van der Waals surface area (Å²) in [5.41, 5.74) is 2.27. The van der Waals surface area contributed by atoms with Crippen LogP contribution >= 0.6 is 15.9 Å². The third kappa shape index (κ3) is 2.42. The Hall–Kier alpha value is -1.33. The van der Waals surface area contributed by atoms with Crippen molar-refractivity contribution in [1.29, 1.82) is 0 Å². The molecule has 0 fully saturated rings. The lowest BCUT2D eigenvalue weighted by Gasteiger charge is -2.18. The molecule has 5 heteroatoms. The van der Waals surface area contributed by atoms with Gasteiger partial charge in [0.2, 0.25) is 0 Å². The Balaban J connectivity index is 2.39. The van der Waals surface area contributed by atoms with E-state index in [9.17, 15) is 0 Å². The molecule has 1 N–H and O–H groups in total. The number of benzene rings is 1. The van der Waals surface area contributed by atoms with Gasteiger partial charge in [-0.15, -0.1) is 0 Å². The summed E-state index contributed by atoms with van der Waals surface area (Å²) in [5, 5.41) is 7.56. The van der Waals surface area contributed by atoms with Crippen molar-refractivity contribution in [3.63, 3.8) is 0 Å².